The second-order valence-corrected chi connectivity index (χ2v) is 8.26. The zero-order valence-corrected chi connectivity index (χ0v) is 13.5. The first-order chi connectivity index (χ1) is 10.0. The van der Waals surface area contributed by atoms with Gasteiger partial charge in [0.15, 0.2) is 6.29 Å². The summed E-state index contributed by atoms with van der Waals surface area (Å²) >= 11 is 0. The van der Waals surface area contributed by atoms with Crippen molar-refractivity contribution >= 4 is 5.78 Å². The van der Waals surface area contributed by atoms with Gasteiger partial charge in [0, 0.05) is 13.0 Å². The molecule has 0 N–H and O–H groups in total. The zero-order chi connectivity index (χ0) is 14.7. The predicted molar refractivity (Wildman–Crippen MR) is 79.8 cm³/mol. The Balaban J connectivity index is 1.62. The van der Waals surface area contributed by atoms with Crippen molar-refractivity contribution in [1.29, 1.82) is 0 Å². The zero-order valence-electron chi connectivity index (χ0n) is 13.5. The van der Waals surface area contributed by atoms with Crippen LogP contribution in [0.1, 0.15) is 71.6 Å². The van der Waals surface area contributed by atoms with Gasteiger partial charge in [-0.1, -0.05) is 13.3 Å². The molecule has 0 unspecified atom stereocenters. The van der Waals surface area contributed by atoms with E-state index in [4.69, 9.17) is 9.47 Å². The summed E-state index contributed by atoms with van der Waals surface area (Å²) in [6.07, 6.45) is 10.0. The molecule has 1 saturated heterocycles. The fraction of sp³-hybridized carbons (Fsp3) is 0.944. The van der Waals surface area contributed by atoms with Gasteiger partial charge in [-0.2, -0.15) is 0 Å². The van der Waals surface area contributed by atoms with Crippen molar-refractivity contribution in [2.24, 2.45) is 16.2 Å². The minimum Gasteiger partial charge on any atom is -0.353 e. The van der Waals surface area contributed by atoms with Gasteiger partial charge < -0.3 is 9.47 Å². The first-order valence-electron chi connectivity index (χ1n) is 8.82. The Morgan fingerprint density at radius 3 is 2.71 bits per heavy atom. The van der Waals surface area contributed by atoms with Crippen LogP contribution < -0.4 is 0 Å². The SMILES string of the molecule is C[C@@]12CCC[C@@]13CC[C@H](O[C@@H]1CCCCO1)[C@@]3(C)C(=O)C2. The van der Waals surface area contributed by atoms with Gasteiger partial charge in [-0.15, -0.1) is 0 Å². The molecule has 4 fully saturated rings. The molecule has 3 saturated carbocycles. The molecular weight excluding hydrogens is 264 g/mol. The average Bonchev–Trinajstić information content (AvgIpc) is 2.99. The Morgan fingerprint density at radius 1 is 1.10 bits per heavy atom. The molecule has 21 heavy (non-hydrogen) atoms. The van der Waals surface area contributed by atoms with Gasteiger partial charge in [0.1, 0.15) is 5.78 Å². The van der Waals surface area contributed by atoms with E-state index in [9.17, 15) is 4.79 Å². The van der Waals surface area contributed by atoms with Crippen molar-refractivity contribution in [2.75, 3.05) is 6.61 Å². The van der Waals surface area contributed by atoms with E-state index in [-0.39, 0.29) is 28.6 Å². The molecule has 4 aliphatic rings. The number of hydrogen-bond acceptors (Lipinski definition) is 3. The Kier molecular flexibility index (Phi) is 3.07. The smallest absolute Gasteiger partial charge is 0.157 e. The third-order valence-corrected chi connectivity index (χ3v) is 7.54. The summed E-state index contributed by atoms with van der Waals surface area (Å²) in [6, 6.07) is 0. The molecule has 0 aromatic rings. The van der Waals surface area contributed by atoms with Crippen molar-refractivity contribution < 1.29 is 14.3 Å². The normalized spacial score (nSPS) is 53.0. The highest BCUT2D eigenvalue weighted by molar-refractivity contribution is 5.90. The van der Waals surface area contributed by atoms with Crippen molar-refractivity contribution in [3.8, 4) is 0 Å². The molecule has 0 aromatic carbocycles. The lowest BCUT2D eigenvalue weighted by molar-refractivity contribution is -0.210. The maximum absolute atomic E-state index is 12.9. The maximum Gasteiger partial charge on any atom is 0.157 e. The van der Waals surface area contributed by atoms with Gasteiger partial charge in [-0.05, 0) is 62.7 Å². The number of Topliss-reactive ketones (excluding diaryl/α,β-unsaturated/α-hetero) is 1. The molecule has 1 heterocycles. The number of ether oxygens (including phenoxy) is 2. The number of carbonyl (C=O) groups is 1. The molecule has 1 aliphatic heterocycles. The van der Waals surface area contributed by atoms with Crippen LogP contribution in [0.15, 0.2) is 0 Å². The molecule has 1 spiro atoms. The average molecular weight is 292 g/mol. The molecule has 0 amide bonds. The van der Waals surface area contributed by atoms with E-state index in [0.29, 0.717) is 5.78 Å². The molecule has 3 heteroatoms. The fourth-order valence-corrected chi connectivity index (χ4v) is 6.32. The van der Waals surface area contributed by atoms with Gasteiger partial charge in [0.05, 0.1) is 11.5 Å². The Labute approximate surface area is 127 Å². The van der Waals surface area contributed by atoms with Crippen LogP contribution in [0.3, 0.4) is 0 Å². The van der Waals surface area contributed by atoms with Gasteiger partial charge in [-0.25, -0.2) is 0 Å². The number of rotatable bonds is 2. The third-order valence-electron chi connectivity index (χ3n) is 7.54. The molecule has 4 rings (SSSR count). The van der Waals surface area contributed by atoms with E-state index in [1.165, 1.54) is 32.1 Å². The van der Waals surface area contributed by atoms with Gasteiger partial charge in [-0.3, -0.25) is 4.79 Å². The van der Waals surface area contributed by atoms with E-state index in [1.807, 2.05) is 0 Å². The highest BCUT2D eigenvalue weighted by Crippen LogP contribution is 2.75. The lowest BCUT2D eigenvalue weighted by Gasteiger charge is -2.44. The summed E-state index contributed by atoms with van der Waals surface area (Å²) in [6.45, 7) is 5.39. The van der Waals surface area contributed by atoms with Crippen molar-refractivity contribution in [3.63, 3.8) is 0 Å². The largest absolute Gasteiger partial charge is 0.353 e. The monoisotopic (exact) mass is 292 g/mol. The van der Waals surface area contributed by atoms with Gasteiger partial charge in [0.2, 0.25) is 0 Å². The third kappa shape index (κ3) is 1.65. The quantitative estimate of drug-likeness (QED) is 0.775. The molecule has 5 atom stereocenters. The van der Waals surface area contributed by atoms with Gasteiger partial charge >= 0.3 is 0 Å². The fourth-order valence-electron chi connectivity index (χ4n) is 6.32. The number of hydrogen-bond donors (Lipinski definition) is 0. The van der Waals surface area contributed by atoms with Crippen LogP contribution in [-0.2, 0) is 14.3 Å². The summed E-state index contributed by atoms with van der Waals surface area (Å²) in [4.78, 5) is 12.9. The number of ketones is 1. The maximum atomic E-state index is 12.9. The lowest BCUT2D eigenvalue weighted by Crippen LogP contribution is -2.46. The van der Waals surface area contributed by atoms with E-state index >= 15 is 0 Å². The summed E-state index contributed by atoms with van der Waals surface area (Å²) < 4.78 is 12.1. The second-order valence-electron chi connectivity index (χ2n) is 8.26. The van der Waals surface area contributed by atoms with E-state index in [1.54, 1.807) is 0 Å². The second kappa shape index (κ2) is 4.55. The van der Waals surface area contributed by atoms with E-state index in [2.05, 4.69) is 13.8 Å². The van der Waals surface area contributed by atoms with Crippen molar-refractivity contribution in [1.82, 2.24) is 0 Å². The van der Waals surface area contributed by atoms with Crippen LogP contribution >= 0.6 is 0 Å². The molecule has 0 radical (unpaired) electrons. The standard InChI is InChI=1S/C18H28O3/c1-16-8-5-9-18(16)10-7-14(17(18,2)13(19)12-16)21-15-6-3-4-11-20-15/h14-15H,3-12H2,1-2H3/t14-,15+,16-,17+,18+/m0/s1. The Hall–Kier alpha value is -0.410. The van der Waals surface area contributed by atoms with Crippen molar-refractivity contribution in [2.45, 2.75) is 84.0 Å². The van der Waals surface area contributed by atoms with Gasteiger partial charge in [0.25, 0.3) is 0 Å². The molecular formula is C18H28O3. The highest BCUT2D eigenvalue weighted by atomic mass is 16.7. The molecule has 0 aromatic heterocycles. The summed E-state index contributed by atoms with van der Waals surface area (Å²) in [5.74, 6) is 0.461. The molecule has 3 aliphatic carbocycles. The summed E-state index contributed by atoms with van der Waals surface area (Å²) in [5.41, 5.74) is 0.167. The predicted octanol–water partition coefficient (Wildman–Crippen LogP) is 3.85. The van der Waals surface area contributed by atoms with Crippen LogP contribution in [0.4, 0.5) is 0 Å². The summed E-state index contributed by atoms with van der Waals surface area (Å²) in [5, 5.41) is 0. The minimum absolute atomic E-state index is 0.0724. The highest BCUT2D eigenvalue weighted by Gasteiger charge is 2.74. The molecule has 3 nitrogen and oxygen atoms in total. The first kappa shape index (κ1) is 14.2. The summed E-state index contributed by atoms with van der Waals surface area (Å²) in [7, 11) is 0. The van der Waals surface area contributed by atoms with Crippen LogP contribution in [0.2, 0.25) is 0 Å². The minimum atomic E-state index is -0.265. The van der Waals surface area contributed by atoms with Crippen molar-refractivity contribution in [3.05, 3.63) is 0 Å². The van der Waals surface area contributed by atoms with Crippen LogP contribution in [-0.4, -0.2) is 24.8 Å². The molecule has 118 valence electrons. The Bertz CT molecular complexity index is 455. The topological polar surface area (TPSA) is 35.5 Å². The van der Waals surface area contributed by atoms with E-state index < -0.39 is 0 Å². The molecule has 0 bridgehead atoms. The van der Waals surface area contributed by atoms with Crippen LogP contribution in [0.25, 0.3) is 0 Å². The van der Waals surface area contributed by atoms with Crippen LogP contribution in [0, 0.1) is 16.2 Å². The number of carbonyl (C=O) groups excluding carboxylic acids is 1. The first-order valence-corrected chi connectivity index (χ1v) is 8.82. The lowest BCUT2D eigenvalue weighted by atomic mass is 9.60. The van der Waals surface area contributed by atoms with Crippen LogP contribution in [0.5, 0.6) is 0 Å². The van der Waals surface area contributed by atoms with E-state index in [0.717, 1.165) is 32.3 Å². The Morgan fingerprint density at radius 2 is 1.95 bits per heavy atom.